The molecule has 0 aliphatic carbocycles. The largest absolute Gasteiger partial charge is 0.341 e. The Morgan fingerprint density at radius 2 is 1.17 bits per heavy atom. The molecule has 0 atom stereocenters. The predicted octanol–water partition coefficient (Wildman–Crippen LogP) is 4.48. The second-order valence-electron chi connectivity index (χ2n) is 5.38. The van der Waals surface area contributed by atoms with Crippen LogP contribution in [0.15, 0.2) is 78.9 Å². The normalized spacial score (nSPS) is 10.6. The van der Waals surface area contributed by atoms with Gasteiger partial charge in [-0.1, -0.05) is 42.5 Å². The summed E-state index contributed by atoms with van der Waals surface area (Å²) in [4.78, 5) is 12.5. The number of carbonyl (C=O) groups is 1. The van der Waals surface area contributed by atoms with Crippen molar-refractivity contribution < 1.29 is 13.6 Å². The molecular formula is C20H15F2NO. The fraction of sp³-hybridized carbons (Fsp3) is 0.0500. The Morgan fingerprint density at radius 3 is 1.62 bits per heavy atom. The summed E-state index contributed by atoms with van der Waals surface area (Å²) in [5.74, 6) is -0.966. The second-order valence-corrected chi connectivity index (χ2v) is 5.38. The summed E-state index contributed by atoms with van der Waals surface area (Å²) in [5, 5.41) is 2.92. The molecule has 3 rings (SSSR count). The fourth-order valence-electron chi connectivity index (χ4n) is 2.47. The molecule has 2 nitrogen and oxygen atoms in total. The third-order valence-corrected chi connectivity index (χ3v) is 3.72. The minimum atomic E-state index is -0.501. The van der Waals surface area contributed by atoms with Crippen molar-refractivity contribution in [3.05, 3.63) is 107 Å². The lowest BCUT2D eigenvalue weighted by molar-refractivity contribution is 0.0943. The lowest BCUT2D eigenvalue weighted by atomic mass is 9.98. The lowest BCUT2D eigenvalue weighted by Gasteiger charge is -2.20. The molecule has 0 saturated carbocycles. The first kappa shape index (κ1) is 15.9. The van der Waals surface area contributed by atoms with Gasteiger partial charge in [-0.2, -0.15) is 0 Å². The van der Waals surface area contributed by atoms with Crippen LogP contribution in [-0.4, -0.2) is 5.91 Å². The molecule has 3 aromatic rings. The summed E-state index contributed by atoms with van der Waals surface area (Å²) in [6.45, 7) is 0. The Morgan fingerprint density at radius 1 is 0.708 bits per heavy atom. The van der Waals surface area contributed by atoms with Crippen molar-refractivity contribution in [1.82, 2.24) is 5.32 Å². The van der Waals surface area contributed by atoms with E-state index in [2.05, 4.69) is 5.32 Å². The highest BCUT2D eigenvalue weighted by molar-refractivity contribution is 5.94. The summed E-state index contributed by atoms with van der Waals surface area (Å²) in [6, 6.07) is 20.1. The number of hydrogen-bond acceptors (Lipinski definition) is 1. The molecule has 0 aromatic heterocycles. The number of benzene rings is 3. The van der Waals surface area contributed by atoms with Crippen LogP contribution in [0.3, 0.4) is 0 Å². The van der Waals surface area contributed by atoms with E-state index in [0.717, 1.165) is 0 Å². The Kier molecular flexibility index (Phi) is 4.66. The standard InChI is InChI=1S/C20H15F2NO/c21-17-10-6-14(7-11-17)19(15-8-12-18(22)13-9-15)23-20(24)16-4-2-1-3-5-16/h1-13,19H,(H,23,24). The first-order chi connectivity index (χ1) is 11.6. The van der Waals surface area contributed by atoms with Crippen LogP contribution in [0.5, 0.6) is 0 Å². The zero-order valence-electron chi connectivity index (χ0n) is 12.7. The maximum Gasteiger partial charge on any atom is 0.252 e. The van der Waals surface area contributed by atoms with Gasteiger partial charge in [0.05, 0.1) is 6.04 Å². The quantitative estimate of drug-likeness (QED) is 0.753. The van der Waals surface area contributed by atoms with Gasteiger partial charge in [-0.15, -0.1) is 0 Å². The van der Waals surface area contributed by atoms with Gasteiger partial charge in [0, 0.05) is 5.56 Å². The summed E-state index contributed by atoms with van der Waals surface area (Å²) in [6.07, 6.45) is 0. The third kappa shape index (κ3) is 3.66. The van der Waals surface area contributed by atoms with Crippen LogP contribution in [0, 0.1) is 11.6 Å². The number of halogens is 2. The van der Waals surface area contributed by atoms with Crippen LogP contribution < -0.4 is 5.32 Å². The highest BCUT2D eigenvalue weighted by atomic mass is 19.1. The smallest absolute Gasteiger partial charge is 0.252 e. The number of carbonyl (C=O) groups excluding carboxylic acids is 1. The Bertz CT molecular complexity index is 769. The molecule has 120 valence electrons. The fourth-order valence-corrected chi connectivity index (χ4v) is 2.47. The number of hydrogen-bond donors (Lipinski definition) is 1. The van der Waals surface area contributed by atoms with E-state index in [-0.39, 0.29) is 17.5 Å². The molecule has 0 bridgehead atoms. The van der Waals surface area contributed by atoms with E-state index in [1.807, 2.05) is 6.07 Å². The minimum absolute atomic E-state index is 0.255. The van der Waals surface area contributed by atoms with Crippen molar-refractivity contribution >= 4 is 5.91 Å². The molecule has 0 unspecified atom stereocenters. The molecule has 0 radical (unpaired) electrons. The van der Waals surface area contributed by atoms with Crippen LogP contribution in [0.4, 0.5) is 8.78 Å². The summed E-state index contributed by atoms with van der Waals surface area (Å²) >= 11 is 0. The van der Waals surface area contributed by atoms with Crippen LogP contribution >= 0.6 is 0 Å². The van der Waals surface area contributed by atoms with E-state index in [1.165, 1.54) is 24.3 Å². The van der Waals surface area contributed by atoms with Gasteiger partial charge in [-0.05, 0) is 47.5 Å². The average molecular weight is 323 g/mol. The van der Waals surface area contributed by atoms with Gasteiger partial charge in [-0.3, -0.25) is 4.79 Å². The van der Waals surface area contributed by atoms with E-state index in [1.54, 1.807) is 48.5 Å². The molecule has 1 N–H and O–H groups in total. The summed E-state index contributed by atoms with van der Waals surface area (Å²) in [5.41, 5.74) is 1.95. The van der Waals surface area contributed by atoms with Crippen LogP contribution in [-0.2, 0) is 0 Å². The first-order valence-electron chi connectivity index (χ1n) is 7.50. The van der Waals surface area contributed by atoms with Crippen LogP contribution in [0.25, 0.3) is 0 Å². The topological polar surface area (TPSA) is 29.1 Å². The zero-order valence-corrected chi connectivity index (χ0v) is 12.7. The predicted molar refractivity (Wildman–Crippen MR) is 88.6 cm³/mol. The van der Waals surface area contributed by atoms with E-state index < -0.39 is 6.04 Å². The molecule has 1 amide bonds. The molecule has 0 aliphatic heterocycles. The first-order valence-corrected chi connectivity index (χ1v) is 7.50. The average Bonchev–Trinajstić information content (AvgIpc) is 2.62. The van der Waals surface area contributed by atoms with E-state index in [0.29, 0.717) is 16.7 Å². The second kappa shape index (κ2) is 7.04. The monoisotopic (exact) mass is 323 g/mol. The Labute approximate surface area is 138 Å². The molecule has 0 saturated heterocycles. The van der Waals surface area contributed by atoms with Gasteiger partial charge >= 0.3 is 0 Å². The van der Waals surface area contributed by atoms with Gasteiger partial charge in [-0.25, -0.2) is 8.78 Å². The number of rotatable bonds is 4. The maximum absolute atomic E-state index is 13.2. The highest BCUT2D eigenvalue weighted by Gasteiger charge is 2.18. The lowest BCUT2D eigenvalue weighted by Crippen LogP contribution is -2.29. The highest BCUT2D eigenvalue weighted by Crippen LogP contribution is 2.23. The van der Waals surface area contributed by atoms with Gasteiger partial charge in [0.2, 0.25) is 0 Å². The SMILES string of the molecule is O=C(NC(c1ccc(F)cc1)c1ccc(F)cc1)c1ccccc1. The zero-order chi connectivity index (χ0) is 16.9. The summed E-state index contributed by atoms with van der Waals surface area (Å²) in [7, 11) is 0. The van der Waals surface area contributed by atoms with E-state index in [4.69, 9.17) is 0 Å². The third-order valence-electron chi connectivity index (χ3n) is 3.72. The molecule has 24 heavy (non-hydrogen) atoms. The molecule has 3 aromatic carbocycles. The molecule has 4 heteroatoms. The number of amides is 1. The van der Waals surface area contributed by atoms with Gasteiger partial charge in [0.15, 0.2) is 0 Å². The summed E-state index contributed by atoms with van der Waals surface area (Å²) < 4.78 is 26.4. The van der Waals surface area contributed by atoms with Crippen molar-refractivity contribution in [3.8, 4) is 0 Å². The van der Waals surface area contributed by atoms with Crippen molar-refractivity contribution in [2.75, 3.05) is 0 Å². The molecule has 0 fully saturated rings. The minimum Gasteiger partial charge on any atom is -0.341 e. The van der Waals surface area contributed by atoms with Crippen molar-refractivity contribution in [2.45, 2.75) is 6.04 Å². The molecule has 0 spiro atoms. The molecular weight excluding hydrogens is 308 g/mol. The van der Waals surface area contributed by atoms with E-state index in [9.17, 15) is 13.6 Å². The van der Waals surface area contributed by atoms with Crippen molar-refractivity contribution in [2.24, 2.45) is 0 Å². The Hall–Kier alpha value is -3.01. The van der Waals surface area contributed by atoms with Crippen LogP contribution in [0.2, 0.25) is 0 Å². The van der Waals surface area contributed by atoms with E-state index >= 15 is 0 Å². The van der Waals surface area contributed by atoms with Crippen molar-refractivity contribution in [3.63, 3.8) is 0 Å². The van der Waals surface area contributed by atoms with Crippen molar-refractivity contribution in [1.29, 1.82) is 0 Å². The molecule has 0 aliphatic rings. The molecule has 0 heterocycles. The Balaban J connectivity index is 1.94. The van der Waals surface area contributed by atoms with Crippen LogP contribution in [0.1, 0.15) is 27.5 Å². The van der Waals surface area contributed by atoms with Gasteiger partial charge in [0.25, 0.3) is 5.91 Å². The number of nitrogens with one attached hydrogen (secondary N) is 1. The maximum atomic E-state index is 13.2. The van der Waals surface area contributed by atoms with Gasteiger partial charge in [0.1, 0.15) is 11.6 Å². The van der Waals surface area contributed by atoms with Gasteiger partial charge < -0.3 is 5.32 Å².